The molecule has 1 aliphatic rings. The lowest BCUT2D eigenvalue weighted by molar-refractivity contribution is 0.122. The highest BCUT2D eigenvalue weighted by Gasteiger charge is 2.12. The first-order chi connectivity index (χ1) is 11.2. The largest absolute Gasteiger partial charge is 0.378 e. The van der Waals surface area contributed by atoms with Crippen molar-refractivity contribution in [1.29, 1.82) is 0 Å². The number of morpholine rings is 1. The third kappa shape index (κ3) is 5.75. The highest BCUT2D eigenvalue weighted by Crippen LogP contribution is 2.17. The van der Waals surface area contributed by atoms with E-state index in [-0.39, 0.29) is 6.03 Å². The molecule has 5 nitrogen and oxygen atoms in total. The lowest BCUT2D eigenvalue weighted by atomic mass is 10.2. The van der Waals surface area contributed by atoms with Gasteiger partial charge >= 0.3 is 6.03 Å². The number of nitrogens with one attached hydrogen (secondary N) is 1. The van der Waals surface area contributed by atoms with E-state index in [0.29, 0.717) is 6.54 Å². The molecule has 2 amide bonds. The van der Waals surface area contributed by atoms with Crippen LogP contribution in [-0.2, 0) is 11.3 Å². The standard InChI is InChI=1S/C18H29N3O2/c1-3-4-5-10-19-18(22)20(2)15-16-6-8-17(9-7-16)21-11-13-23-14-12-21/h6-9H,3-5,10-15H2,1-2H3,(H,19,22). The van der Waals surface area contributed by atoms with Crippen LogP contribution in [0.25, 0.3) is 0 Å². The van der Waals surface area contributed by atoms with Crippen molar-refractivity contribution >= 4 is 11.7 Å². The number of benzene rings is 1. The first-order valence-electron chi connectivity index (χ1n) is 8.61. The van der Waals surface area contributed by atoms with Crippen LogP contribution >= 0.6 is 0 Å². The molecule has 1 N–H and O–H groups in total. The Morgan fingerprint density at radius 2 is 1.91 bits per heavy atom. The van der Waals surface area contributed by atoms with Gasteiger partial charge in [-0.2, -0.15) is 0 Å². The zero-order valence-corrected chi connectivity index (χ0v) is 14.4. The predicted molar refractivity (Wildman–Crippen MR) is 93.9 cm³/mol. The molecule has 0 radical (unpaired) electrons. The fourth-order valence-electron chi connectivity index (χ4n) is 2.68. The molecule has 1 heterocycles. The van der Waals surface area contributed by atoms with E-state index < -0.39 is 0 Å². The van der Waals surface area contributed by atoms with E-state index in [4.69, 9.17) is 4.74 Å². The highest BCUT2D eigenvalue weighted by molar-refractivity contribution is 5.73. The maximum absolute atomic E-state index is 12.0. The van der Waals surface area contributed by atoms with Crippen LogP contribution in [-0.4, -0.2) is 50.8 Å². The Morgan fingerprint density at radius 1 is 1.22 bits per heavy atom. The van der Waals surface area contributed by atoms with Crippen LogP contribution in [0.4, 0.5) is 10.5 Å². The van der Waals surface area contributed by atoms with E-state index in [1.54, 1.807) is 4.90 Å². The van der Waals surface area contributed by atoms with Gasteiger partial charge in [0.05, 0.1) is 13.2 Å². The quantitative estimate of drug-likeness (QED) is 0.786. The van der Waals surface area contributed by atoms with Crippen molar-refractivity contribution in [2.24, 2.45) is 0 Å². The second kappa shape index (κ2) is 9.40. The van der Waals surface area contributed by atoms with E-state index in [9.17, 15) is 4.79 Å². The molecule has 0 spiro atoms. The van der Waals surface area contributed by atoms with Crippen molar-refractivity contribution in [2.75, 3.05) is 44.8 Å². The number of carbonyl (C=O) groups is 1. The Kier molecular flexibility index (Phi) is 7.20. The average molecular weight is 319 g/mol. The summed E-state index contributed by atoms with van der Waals surface area (Å²) in [6.45, 7) is 7.02. The molecule has 0 aliphatic carbocycles. The molecule has 1 saturated heterocycles. The first-order valence-corrected chi connectivity index (χ1v) is 8.61. The molecule has 0 saturated carbocycles. The Morgan fingerprint density at radius 3 is 2.57 bits per heavy atom. The molecule has 0 aromatic heterocycles. The third-order valence-electron chi connectivity index (χ3n) is 4.14. The Balaban J connectivity index is 1.79. The lowest BCUT2D eigenvalue weighted by Gasteiger charge is -2.29. The van der Waals surface area contributed by atoms with Gasteiger partial charge in [0, 0.05) is 38.9 Å². The molecule has 128 valence electrons. The maximum atomic E-state index is 12.0. The van der Waals surface area contributed by atoms with E-state index in [1.165, 1.54) is 12.1 Å². The van der Waals surface area contributed by atoms with Gasteiger partial charge in [-0.25, -0.2) is 4.79 Å². The number of unbranched alkanes of at least 4 members (excludes halogenated alkanes) is 2. The normalized spacial score (nSPS) is 14.6. The van der Waals surface area contributed by atoms with Crippen LogP contribution < -0.4 is 10.2 Å². The molecule has 1 fully saturated rings. The Bertz CT molecular complexity index is 470. The SMILES string of the molecule is CCCCCNC(=O)N(C)Cc1ccc(N2CCOCC2)cc1. The van der Waals surface area contributed by atoms with Gasteiger partial charge in [0.1, 0.15) is 0 Å². The van der Waals surface area contributed by atoms with Crippen molar-refractivity contribution in [2.45, 2.75) is 32.7 Å². The summed E-state index contributed by atoms with van der Waals surface area (Å²) in [5.41, 5.74) is 2.37. The molecule has 23 heavy (non-hydrogen) atoms. The van der Waals surface area contributed by atoms with Gasteiger partial charge in [-0.05, 0) is 24.1 Å². The monoisotopic (exact) mass is 319 g/mol. The number of carbonyl (C=O) groups excluding carboxylic acids is 1. The zero-order chi connectivity index (χ0) is 16.5. The second-order valence-electron chi connectivity index (χ2n) is 6.06. The van der Waals surface area contributed by atoms with Gasteiger partial charge in [-0.3, -0.25) is 0 Å². The van der Waals surface area contributed by atoms with E-state index in [2.05, 4.69) is 41.4 Å². The van der Waals surface area contributed by atoms with Gasteiger partial charge in [0.25, 0.3) is 0 Å². The van der Waals surface area contributed by atoms with Crippen LogP contribution in [0.5, 0.6) is 0 Å². The summed E-state index contributed by atoms with van der Waals surface area (Å²) in [6, 6.07) is 8.47. The van der Waals surface area contributed by atoms with Crippen molar-refractivity contribution in [3.05, 3.63) is 29.8 Å². The average Bonchev–Trinajstić information content (AvgIpc) is 2.60. The minimum Gasteiger partial charge on any atom is -0.378 e. The number of ether oxygens (including phenoxy) is 1. The molecule has 1 aliphatic heterocycles. The number of anilines is 1. The first kappa shape index (κ1) is 17.6. The minimum atomic E-state index is -0.00152. The van der Waals surface area contributed by atoms with Crippen LogP contribution in [0, 0.1) is 0 Å². The van der Waals surface area contributed by atoms with Crippen LogP contribution in [0.1, 0.15) is 31.7 Å². The summed E-state index contributed by atoms with van der Waals surface area (Å²) < 4.78 is 5.38. The molecule has 0 atom stereocenters. The highest BCUT2D eigenvalue weighted by atomic mass is 16.5. The smallest absolute Gasteiger partial charge is 0.317 e. The number of rotatable bonds is 7. The molecule has 0 unspecified atom stereocenters. The summed E-state index contributed by atoms with van der Waals surface area (Å²) >= 11 is 0. The number of hydrogen-bond acceptors (Lipinski definition) is 3. The summed E-state index contributed by atoms with van der Waals surface area (Å²) in [6.07, 6.45) is 3.37. The molecule has 0 bridgehead atoms. The van der Waals surface area contributed by atoms with Gasteiger partial charge in [-0.15, -0.1) is 0 Å². The van der Waals surface area contributed by atoms with Crippen molar-refractivity contribution in [3.63, 3.8) is 0 Å². The summed E-state index contributed by atoms with van der Waals surface area (Å²) in [5.74, 6) is 0. The van der Waals surface area contributed by atoms with Crippen LogP contribution in [0.2, 0.25) is 0 Å². The Hall–Kier alpha value is -1.75. The van der Waals surface area contributed by atoms with Gasteiger partial charge in [-0.1, -0.05) is 31.9 Å². The molecule has 2 rings (SSSR count). The predicted octanol–water partition coefficient (Wildman–Crippen LogP) is 2.85. The van der Waals surface area contributed by atoms with Crippen molar-refractivity contribution in [3.8, 4) is 0 Å². The maximum Gasteiger partial charge on any atom is 0.317 e. The molecular formula is C18H29N3O2. The van der Waals surface area contributed by atoms with Gasteiger partial charge in [0.15, 0.2) is 0 Å². The van der Waals surface area contributed by atoms with E-state index in [0.717, 1.165) is 51.3 Å². The zero-order valence-electron chi connectivity index (χ0n) is 14.4. The van der Waals surface area contributed by atoms with Gasteiger partial charge < -0.3 is 19.9 Å². The lowest BCUT2D eigenvalue weighted by Crippen LogP contribution is -2.37. The van der Waals surface area contributed by atoms with Crippen molar-refractivity contribution in [1.82, 2.24) is 10.2 Å². The Labute approximate surface area is 139 Å². The molecular weight excluding hydrogens is 290 g/mol. The number of amides is 2. The number of nitrogens with zero attached hydrogens (tertiary/aromatic N) is 2. The van der Waals surface area contributed by atoms with Gasteiger partial charge in [0.2, 0.25) is 0 Å². The molecule has 1 aromatic rings. The second-order valence-corrected chi connectivity index (χ2v) is 6.06. The summed E-state index contributed by atoms with van der Waals surface area (Å²) in [7, 11) is 1.84. The van der Waals surface area contributed by atoms with E-state index >= 15 is 0 Å². The third-order valence-corrected chi connectivity index (χ3v) is 4.14. The topological polar surface area (TPSA) is 44.8 Å². The molecule has 1 aromatic carbocycles. The van der Waals surface area contributed by atoms with Crippen LogP contribution in [0.3, 0.4) is 0 Å². The fourth-order valence-corrected chi connectivity index (χ4v) is 2.68. The minimum absolute atomic E-state index is 0.00152. The fraction of sp³-hybridized carbons (Fsp3) is 0.611. The molecule has 5 heteroatoms. The van der Waals surface area contributed by atoms with E-state index in [1.807, 2.05) is 7.05 Å². The van der Waals surface area contributed by atoms with Crippen molar-refractivity contribution < 1.29 is 9.53 Å². The number of urea groups is 1. The summed E-state index contributed by atoms with van der Waals surface area (Å²) in [5, 5.41) is 2.97. The number of hydrogen-bond donors (Lipinski definition) is 1. The van der Waals surface area contributed by atoms with Crippen LogP contribution in [0.15, 0.2) is 24.3 Å². The summed E-state index contributed by atoms with van der Waals surface area (Å²) in [4.78, 5) is 16.1.